The first-order valence-electron chi connectivity index (χ1n) is 10.1. The number of ether oxygens (including phenoxy) is 2. The second-order valence-electron chi connectivity index (χ2n) is 7.71. The summed E-state index contributed by atoms with van der Waals surface area (Å²) in [5, 5.41) is 3.07. The van der Waals surface area contributed by atoms with Crippen LogP contribution in [-0.4, -0.2) is 49.1 Å². The maximum Gasteiger partial charge on any atom is 0.251 e. The minimum absolute atomic E-state index is 0.0143. The van der Waals surface area contributed by atoms with E-state index in [-0.39, 0.29) is 23.8 Å². The van der Waals surface area contributed by atoms with Crippen LogP contribution in [0.1, 0.15) is 43.2 Å². The molecule has 6 nitrogen and oxygen atoms in total. The Kier molecular flexibility index (Phi) is 5.62. The highest BCUT2D eigenvalue weighted by Crippen LogP contribution is 2.26. The molecule has 0 bridgehead atoms. The summed E-state index contributed by atoms with van der Waals surface area (Å²) in [5.74, 6) is 1.15. The lowest BCUT2D eigenvalue weighted by atomic mass is 9.95. The number of hydrogen-bond donors (Lipinski definition) is 1. The number of rotatable bonds is 4. The molecule has 146 valence electrons. The van der Waals surface area contributed by atoms with Gasteiger partial charge in [-0.05, 0) is 55.7 Å². The van der Waals surface area contributed by atoms with Crippen molar-refractivity contribution in [2.24, 2.45) is 5.92 Å². The predicted octanol–water partition coefficient (Wildman–Crippen LogP) is 2.05. The third kappa shape index (κ3) is 4.26. The molecule has 2 amide bonds. The summed E-state index contributed by atoms with van der Waals surface area (Å²) in [4.78, 5) is 26.8. The summed E-state index contributed by atoms with van der Waals surface area (Å²) in [5.41, 5.74) is 2.34. The molecule has 1 atom stereocenters. The Balaban J connectivity index is 1.24. The van der Waals surface area contributed by atoms with Gasteiger partial charge in [-0.2, -0.15) is 0 Å². The first-order valence-corrected chi connectivity index (χ1v) is 10.1. The molecule has 0 radical (unpaired) electrons. The molecule has 2 saturated heterocycles. The molecule has 3 aliphatic rings. The van der Waals surface area contributed by atoms with Crippen LogP contribution in [0.5, 0.6) is 5.75 Å². The normalized spacial score (nSPS) is 22.8. The Labute approximate surface area is 160 Å². The van der Waals surface area contributed by atoms with Gasteiger partial charge >= 0.3 is 0 Å². The maximum absolute atomic E-state index is 12.5. The minimum Gasteiger partial charge on any atom is -0.493 e. The van der Waals surface area contributed by atoms with Gasteiger partial charge in [0.2, 0.25) is 5.91 Å². The smallest absolute Gasteiger partial charge is 0.251 e. The fraction of sp³-hybridized carbons (Fsp3) is 0.619. The third-order valence-corrected chi connectivity index (χ3v) is 5.82. The lowest BCUT2D eigenvalue weighted by Gasteiger charge is -2.32. The van der Waals surface area contributed by atoms with E-state index >= 15 is 0 Å². The van der Waals surface area contributed by atoms with Gasteiger partial charge in [0.25, 0.3) is 5.91 Å². The highest BCUT2D eigenvalue weighted by molar-refractivity contribution is 5.82. The van der Waals surface area contributed by atoms with Crippen molar-refractivity contribution < 1.29 is 19.1 Å². The van der Waals surface area contributed by atoms with E-state index in [0.717, 1.165) is 56.4 Å². The van der Waals surface area contributed by atoms with Crippen LogP contribution in [0.2, 0.25) is 0 Å². The van der Waals surface area contributed by atoms with Crippen molar-refractivity contribution >= 4 is 11.8 Å². The maximum atomic E-state index is 12.5. The van der Waals surface area contributed by atoms with E-state index in [1.54, 1.807) is 0 Å². The van der Waals surface area contributed by atoms with Crippen LogP contribution < -0.4 is 10.1 Å². The van der Waals surface area contributed by atoms with Gasteiger partial charge in [-0.15, -0.1) is 0 Å². The second kappa shape index (κ2) is 8.30. The third-order valence-electron chi connectivity index (χ3n) is 5.82. The van der Waals surface area contributed by atoms with Crippen molar-refractivity contribution in [1.82, 2.24) is 10.2 Å². The summed E-state index contributed by atoms with van der Waals surface area (Å²) in [6, 6.07) is 6.16. The van der Waals surface area contributed by atoms with E-state index in [0.29, 0.717) is 26.2 Å². The Morgan fingerprint density at radius 3 is 2.74 bits per heavy atom. The van der Waals surface area contributed by atoms with Gasteiger partial charge in [-0.25, -0.2) is 0 Å². The number of nitrogens with one attached hydrogen (secondary N) is 1. The van der Waals surface area contributed by atoms with Gasteiger partial charge in [0.15, 0.2) is 0 Å². The quantitative estimate of drug-likeness (QED) is 0.878. The van der Waals surface area contributed by atoms with Crippen molar-refractivity contribution in [2.75, 3.05) is 26.3 Å². The van der Waals surface area contributed by atoms with Crippen LogP contribution in [0.3, 0.4) is 0 Å². The number of likely N-dealkylation sites (tertiary alicyclic amines) is 1. The lowest BCUT2D eigenvalue weighted by Crippen LogP contribution is -2.46. The Hall–Kier alpha value is -2.08. The number of nitrogens with zero attached hydrogens (tertiary/aromatic N) is 1. The Morgan fingerprint density at radius 2 is 1.96 bits per heavy atom. The summed E-state index contributed by atoms with van der Waals surface area (Å²) in [7, 11) is 0. The molecule has 0 aromatic heterocycles. The number of benzene rings is 1. The summed E-state index contributed by atoms with van der Waals surface area (Å²) in [6.45, 7) is 3.31. The molecule has 1 aromatic carbocycles. The van der Waals surface area contributed by atoms with Crippen LogP contribution in [0.4, 0.5) is 0 Å². The van der Waals surface area contributed by atoms with Gasteiger partial charge in [0, 0.05) is 32.2 Å². The Morgan fingerprint density at radius 1 is 1.11 bits per heavy atom. The predicted molar refractivity (Wildman–Crippen MR) is 100 cm³/mol. The van der Waals surface area contributed by atoms with E-state index in [9.17, 15) is 9.59 Å². The van der Waals surface area contributed by atoms with E-state index in [2.05, 4.69) is 11.4 Å². The number of fused-ring (bicyclic) bond motifs is 1. The van der Waals surface area contributed by atoms with Crippen LogP contribution in [0.15, 0.2) is 18.2 Å². The van der Waals surface area contributed by atoms with E-state index in [4.69, 9.17) is 9.47 Å². The zero-order chi connectivity index (χ0) is 18.6. The molecule has 1 unspecified atom stereocenters. The second-order valence-corrected chi connectivity index (χ2v) is 7.71. The number of amides is 2. The van der Waals surface area contributed by atoms with Gasteiger partial charge < -0.3 is 19.7 Å². The summed E-state index contributed by atoms with van der Waals surface area (Å²) < 4.78 is 11.1. The number of carbonyl (C=O) groups is 2. The molecule has 6 heteroatoms. The van der Waals surface area contributed by atoms with E-state index in [1.807, 2.05) is 17.0 Å². The number of piperidine rings is 1. The van der Waals surface area contributed by atoms with Crippen molar-refractivity contribution in [3.8, 4) is 5.75 Å². The molecule has 0 aliphatic carbocycles. The zero-order valence-corrected chi connectivity index (χ0v) is 15.7. The van der Waals surface area contributed by atoms with Crippen molar-refractivity contribution in [3.63, 3.8) is 0 Å². The number of hydrogen-bond acceptors (Lipinski definition) is 4. The molecule has 27 heavy (non-hydrogen) atoms. The monoisotopic (exact) mass is 372 g/mol. The van der Waals surface area contributed by atoms with Gasteiger partial charge in [0.05, 0.1) is 6.61 Å². The van der Waals surface area contributed by atoms with Crippen LogP contribution >= 0.6 is 0 Å². The SMILES string of the molecule is O=C(NCc1ccc2c(c1)CCCO2)C1CCN(C(=O)C2CCCO2)CC1. The minimum atomic E-state index is -0.261. The summed E-state index contributed by atoms with van der Waals surface area (Å²) in [6.07, 6.45) is 5.06. The molecule has 0 spiro atoms. The zero-order valence-electron chi connectivity index (χ0n) is 15.7. The number of aryl methyl sites for hydroxylation is 1. The van der Waals surface area contributed by atoms with Crippen molar-refractivity contribution in [1.29, 1.82) is 0 Å². The van der Waals surface area contributed by atoms with Gasteiger partial charge in [-0.1, -0.05) is 12.1 Å². The molecule has 1 N–H and O–H groups in total. The fourth-order valence-corrected chi connectivity index (χ4v) is 4.20. The molecule has 3 aliphatic heterocycles. The molecule has 4 rings (SSSR count). The first-order chi connectivity index (χ1) is 13.2. The fourth-order valence-electron chi connectivity index (χ4n) is 4.20. The topological polar surface area (TPSA) is 67.9 Å². The van der Waals surface area contributed by atoms with E-state index in [1.165, 1.54) is 5.56 Å². The standard InChI is InChI=1S/C21H28N2O4/c24-20(22-14-15-5-6-18-17(13-15)3-1-11-26-18)16-7-9-23(10-8-16)21(25)19-4-2-12-27-19/h5-6,13,16,19H,1-4,7-12,14H2,(H,22,24). The van der Waals surface area contributed by atoms with Crippen molar-refractivity contribution in [2.45, 2.75) is 51.2 Å². The van der Waals surface area contributed by atoms with Gasteiger partial charge in [-0.3, -0.25) is 9.59 Å². The molecule has 1 aromatic rings. The lowest BCUT2D eigenvalue weighted by molar-refractivity contribution is -0.143. The summed E-state index contributed by atoms with van der Waals surface area (Å²) >= 11 is 0. The first kappa shape index (κ1) is 18.3. The molecular formula is C21H28N2O4. The van der Waals surface area contributed by atoms with Gasteiger partial charge in [0.1, 0.15) is 11.9 Å². The van der Waals surface area contributed by atoms with E-state index < -0.39 is 0 Å². The van der Waals surface area contributed by atoms with Crippen LogP contribution in [0.25, 0.3) is 0 Å². The highest BCUT2D eigenvalue weighted by Gasteiger charge is 2.32. The van der Waals surface area contributed by atoms with Crippen LogP contribution in [0, 0.1) is 5.92 Å². The highest BCUT2D eigenvalue weighted by atomic mass is 16.5. The average Bonchev–Trinajstić information content (AvgIpc) is 3.26. The molecule has 3 heterocycles. The number of carbonyl (C=O) groups excluding carboxylic acids is 2. The molecule has 2 fully saturated rings. The largest absolute Gasteiger partial charge is 0.493 e. The molecule has 0 saturated carbocycles. The Bertz CT molecular complexity index is 691. The van der Waals surface area contributed by atoms with Crippen molar-refractivity contribution in [3.05, 3.63) is 29.3 Å². The molecular weight excluding hydrogens is 344 g/mol. The van der Waals surface area contributed by atoms with Crippen LogP contribution in [-0.2, 0) is 27.3 Å². The average molecular weight is 372 g/mol.